The monoisotopic (exact) mass is 366 g/mol. The maximum atomic E-state index is 12.2. The first-order valence-electron chi connectivity index (χ1n) is 5.05. The molecule has 1 fully saturated rings. The highest BCUT2D eigenvalue weighted by Gasteiger charge is 2.24. The highest BCUT2D eigenvalue weighted by molar-refractivity contribution is 9.12. The molecule has 1 aromatic heterocycles. The minimum atomic E-state index is 0.113. The van der Waals surface area contributed by atoms with Gasteiger partial charge < -0.3 is 10.2 Å². The topological polar surface area (TPSA) is 32.3 Å². The van der Waals surface area contributed by atoms with E-state index in [-0.39, 0.29) is 5.91 Å². The highest BCUT2D eigenvalue weighted by Crippen LogP contribution is 2.32. The Hall–Kier alpha value is 0.0900. The van der Waals surface area contributed by atoms with Crippen LogP contribution in [0.5, 0.6) is 0 Å². The van der Waals surface area contributed by atoms with Crippen LogP contribution in [0.1, 0.15) is 17.3 Å². The number of halogens is 2. The Morgan fingerprint density at radius 1 is 1.62 bits per heavy atom. The standard InChI is InChI=1S/C10H12Br2N2OS/c1-6-5-14(3-2-13-6)10(15)7-4-8(11)16-9(7)12/h4,6,13H,2-3,5H2,1H3. The SMILES string of the molecule is CC1CN(C(=O)c2cc(Br)sc2Br)CCN1. The quantitative estimate of drug-likeness (QED) is 0.827. The smallest absolute Gasteiger partial charge is 0.256 e. The molecule has 6 heteroatoms. The number of amides is 1. The van der Waals surface area contributed by atoms with Crippen LogP contribution in [0, 0.1) is 0 Å². The maximum absolute atomic E-state index is 12.2. The van der Waals surface area contributed by atoms with Gasteiger partial charge >= 0.3 is 0 Å². The van der Waals surface area contributed by atoms with Gasteiger partial charge in [0.15, 0.2) is 0 Å². The molecule has 0 aromatic carbocycles. The number of carbonyl (C=O) groups excluding carboxylic acids is 1. The molecule has 1 aliphatic heterocycles. The zero-order chi connectivity index (χ0) is 11.7. The maximum Gasteiger partial charge on any atom is 0.256 e. The molecular formula is C10H12Br2N2OS. The lowest BCUT2D eigenvalue weighted by molar-refractivity contribution is 0.0709. The van der Waals surface area contributed by atoms with Gasteiger partial charge in [-0.3, -0.25) is 4.79 Å². The fourth-order valence-corrected chi connectivity index (χ4v) is 4.55. The summed E-state index contributed by atoms with van der Waals surface area (Å²) in [5.41, 5.74) is 0.756. The van der Waals surface area contributed by atoms with Crippen molar-refractivity contribution in [2.45, 2.75) is 13.0 Å². The predicted molar refractivity (Wildman–Crippen MR) is 73.1 cm³/mol. The number of piperazine rings is 1. The molecule has 88 valence electrons. The van der Waals surface area contributed by atoms with Crippen LogP contribution in [0.3, 0.4) is 0 Å². The van der Waals surface area contributed by atoms with Crippen molar-refractivity contribution in [2.75, 3.05) is 19.6 Å². The molecule has 0 spiro atoms. The second kappa shape index (κ2) is 5.16. The number of carbonyl (C=O) groups is 1. The van der Waals surface area contributed by atoms with Crippen molar-refractivity contribution in [2.24, 2.45) is 0 Å². The van der Waals surface area contributed by atoms with Crippen molar-refractivity contribution in [1.82, 2.24) is 10.2 Å². The number of nitrogens with zero attached hydrogens (tertiary/aromatic N) is 1. The van der Waals surface area contributed by atoms with Crippen molar-refractivity contribution < 1.29 is 4.79 Å². The molecule has 0 saturated carbocycles. The average molecular weight is 368 g/mol. The summed E-state index contributed by atoms with van der Waals surface area (Å²) < 4.78 is 1.88. The van der Waals surface area contributed by atoms with Gasteiger partial charge in [0.2, 0.25) is 0 Å². The fourth-order valence-electron chi connectivity index (χ4n) is 1.77. The predicted octanol–water partition coefficient (Wildman–Crippen LogP) is 2.71. The lowest BCUT2D eigenvalue weighted by Crippen LogP contribution is -2.51. The van der Waals surface area contributed by atoms with Gasteiger partial charge in [-0.05, 0) is 44.8 Å². The lowest BCUT2D eigenvalue weighted by atomic mass is 10.2. The van der Waals surface area contributed by atoms with Crippen LogP contribution in [-0.4, -0.2) is 36.5 Å². The van der Waals surface area contributed by atoms with E-state index >= 15 is 0 Å². The van der Waals surface area contributed by atoms with Gasteiger partial charge in [-0.15, -0.1) is 11.3 Å². The Morgan fingerprint density at radius 3 is 2.94 bits per heavy atom. The Balaban J connectivity index is 2.15. The van der Waals surface area contributed by atoms with Crippen LogP contribution < -0.4 is 5.32 Å². The van der Waals surface area contributed by atoms with Crippen molar-refractivity contribution in [3.63, 3.8) is 0 Å². The lowest BCUT2D eigenvalue weighted by Gasteiger charge is -2.31. The molecule has 1 aliphatic rings. The van der Waals surface area contributed by atoms with Crippen molar-refractivity contribution >= 4 is 49.1 Å². The minimum Gasteiger partial charge on any atom is -0.336 e. The average Bonchev–Trinajstić information content (AvgIpc) is 2.57. The van der Waals surface area contributed by atoms with Gasteiger partial charge in [0.05, 0.1) is 13.1 Å². The fraction of sp³-hybridized carbons (Fsp3) is 0.500. The molecule has 1 amide bonds. The Morgan fingerprint density at radius 2 is 2.38 bits per heavy atom. The third-order valence-corrected chi connectivity index (χ3v) is 4.88. The third kappa shape index (κ3) is 2.67. The van der Waals surface area contributed by atoms with Gasteiger partial charge in [-0.25, -0.2) is 0 Å². The summed E-state index contributed by atoms with van der Waals surface area (Å²) in [6.07, 6.45) is 0. The van der Waals surface area contributed by atoms with Crippen LogP contribution in [0.2, 0.25) is 0 Å². The first-order chi connectivity index (χ1) is 7.58. The second-order valence-corrected chi connectivity index (χ2v) is 7.59. The zero-order valence-electron chi connectivity index (χ0n) is 8.80. The number of hydrogen-bond acceptors (Lipinski definition) is 3. The molecule has 2 heterocycles. The van der Waals surface area contributed by atoms with E-state index in [1.165, 1.54) is 11.3 Å². The van der Waals surface area contributed by atoms with Gasteiger partial charge in [0, 0.05) is 25.7 Å². The van der Waals surface area contributed by atoms with Gasteiger partial charge in [0.25, 0.3) is 5.91 Å². The summed E-state index contributed by atoms with van der Waals surface area (Å²) in [6.45, 7) is 4.52. The molecule has 1 unspecified atom stereocenters. The molecule has 0 bridgehead atoms. The molecule has 0 aliphatic carbocycles. The molecule has 16 heavy (non-hydrogen) atoms. The van der Waals surface area contributed by atoms with E-state index in [0.717, 1.165) is 32.8 Å². The zero-order valence-corrected chi connectivity index (χ0v) is 12.8. The summed E-state index contributed by atoms with van der Waals surface area (Å²) in [5, 5.41) is 3.33. The third-order valence-electron chi connectivity index (χ3n) is 2.54. The largest absolute Gasteiger partial charge is 0.336 e. The summed E-state index contributed by atoms with van der Waals surface area (Å²) in [6, 6.07) is 2.25. The molecule has 3 nitrogen and oxygen atoms in total. The van der Waals surface area contributed by atoms with Crippen molar-refractivity contribution in [3.8, 4) is 0 Å². The van der Waals surface area contributed by atoms with E-state index in [2.05, 4.69) is 44.1 Å². The van der Waals surface area contributed by atoms with Gasteiger partial charge in [-0.2, -0.15) is 0 Å². The Bertz CT molecular complexity index is 408. The normalized spacial score (nSPS) is 21.2. The van der Waals surface area contributed by atoms with Crippen molar-refractivity contribution in [3.05, 3.63) is 19.2 Å². The van der Waals surface area contributed by atoms with Gasteiger partial charge in [-0.1, -0.05) is 0 Å². The summed E-state index contributed by atoms with van der Waals surface area (Å²) in [4.78, 5) is 14.1. The van der Waals surface area contributed by atoms with Crippen molar-refractivity contribution in [1.29, 1.82) is 0 Å². The van der Waals surface area contributed by atoms with E-state index in [9.17, 15) is 4.79 Å². The summed E-state index contributed by atoms with van der Waals surface area (Å²) in [5.74, 6) is 0.113. The molecule has 1 aromatic rings. The Labute approximate surface area is 115 Å². The number of hydrogen-bond donors (Lipinski definition) is 1. The molecule has 1 N–H and O–H groups in total. The van der Waals surface area contributed by atoms with E-state index in [1.54, 1.807) is 0 Å². The number of thiophene rings is 1. The number of nitrogens with one attached hydrogen (secondary N) is 1. The molecule has 2 rings (SSSR count). The van der Waals surface area contributed by atoms with Crippen LogP contribution in [0.15, 0.2) is 13.6 Å². The number of rotatable bonds is 1. The van der Waals surface area contributed by atoms with E-state index in [0.29, 0.717) is 6.04 Å². The first kappa shape index (κ1) is 12.5. The summed E-state index contributed by atoms with van der Waals surface area (Å²) >= 11 is 8.35. The van der Waals surface area contributed by atoms with E-state index < -0.39 is 0 Å². The van der Waals surface area contributed by atoms with Crippen LogP contribution >= 0.6 is 43.2 Å². The first-order valence-corrected chi connectivity index (χ1v) is 7.45. The summed E-state index contributed by atoms with van der Waals surface area (Å²) in [7, 11) is 0. The van der Waals surface area contributed by atoms with Crippen LogP contribution in [0.25, 0.3) is 0 Å². The highest BCUT2D eigenvalue weighted by atomic mass is 79.9. The van der Waals surface area contributed by atoms with Crippen LogP contribution in [0.4, 0.5) is 0 Å². The van der Waals surface area contributed by atoms with Crippen LogP contribution in [-0.2, 0) is 0 Å². The molecule has 0 radical (unpaired) electrons. The van der Waals surface area contributed by atoms with E-state index in [1.807, 2.05) is 11.0 Å². The molecular weight excluding hydrogens is 356 g/mol. The van der Waals surface area contributed by atoms with Gasteiger partial charge in [0.1, 0.15) is 0 Å². The molecule has 1 saturated heterocycles. The Kier molecular flexibility index (Phi) is 4.05. The van der Waals surface area contributed by atoms with E-state index in [4.69, 9.17) is 0 Å². The molecule has 1 atom stereocenters. The minimum absolute atomic E-state index is 0.113. The second-order valence-electron chi connectivity index (χ2n) is 3.84.